The number of amides is 1. The molecule has 0 spiro atoms. The highest BCUT2D eigenvalue weighted by Gasteiger charge is 2.32. The number of hydrogen-bond acceptors (Lipinski definition) is 8. The lowest BCUT2D eigenvalue weighted by atomic mass is 9.96. The zero-order valence-corrected chi connectivity index (χ0v) is 18.3. The number of hydrogen-bond donors (Lipinski definition) is 2. The summed E-state index contributed by atoms with van der Waals surface area (Å²) < 4.78 is 6.32. The number of anilines is 1. The molecular weight excluding hydrogens is 406 g/mol. The summed E-state index contributed by atoms with van der Waals surface area (Å²) in [6, 6.07) is 3.89. The summed E-state index contributed by atoms with van der Waals surface area (Å²) in [5.74, 6) is 1.52. The molecule has 9 nitrogen and oxygen atoms in total. The number of piperidine rings is 1. The Bertz CT molecular complexity index is 1120. The van der Waals surface area contributed by atoms with Gasteiger partial charge < -0.3 is 15.4 Å². The molecule has 3 aromatic rings. The Hall–Kier alpha value is -3.33. The summed E-state index contributed by atoms with van der Waals surface area (Å²) in [7, 11) is 2.01. The highest BCUT2D eigenvalue weighted by molar-refractivity contribution is 5.90. The molecule has 32 heavy (non-hydrogen) atoms. The monoisotopic (exact) mass is 433 g/mol. The van der Waals surface area contributed by atoms with E-state index in [4.69, 9.17) is 9.72 Å². The predicted molar refractivity (Wildman–Crippen MR) is 121 cm³/mol. The first-order valence-corrected chi connectivity index (χ1v) is 11.0. The highest BCUT2D eigenvalue weighted by atomic mass is 16.5. The van der Waals surface area contributed by atoms with Crippen molar-refractivity contribution in [2.24, 2.45) is 5.92 Å². The van der Waals surface area contributed by atoms with Crippen LogP contribution in [0, 0.1) is 5.92 Å². The van der Waals surface area contributed by atoms with Gasteiger partial charge in [-0.15, -0.1) is 0 Å². The molecule has 4 bridgehead atoms. The Kier molecular flexibility index (Phi) is 5.57. The molecule has 9 heteroatoms. The number of benzene rings is 1. The molecule has 1 saturated heterocycles. The van der Waals surface area contributed by atoms with Crippen LogP contribution in [0.15, 0.2) is 37.1 Å². The molecule has 3 atom stereocenters. The molecule has 1 amide bonds. The molecular formula is C23H27N7O2. The fraction of sp³-hybridized carbons (Fsp3) is 0.435. The Labute approximate surface area is 186 Å². The Morgan fingerprint density at radius 1 is 1.19 bits per heavy atom. The average molecular weight is 434 g/mol. The van der Waals surface area contributed by atoms with Crippen LogP contribution < -0.4 is 15.4 Å². The fourth-order valence-electron chi connectivity index (χ4n) is 4.34. The van der Waals surface area contributed by atoms with Crippen LogP contribution in [0.3, 0.4) is 0 Å². The molecule has 1 aromatic carbocycles. The van der Waals surface area contributed by atoms with Gasteiger partial charge in [0.05, 0.1) is 24.4 Å². The molecule has 2 aliphatic rings. The number of likely N-dealkylation sites (tertiary alicyclic amines) is 1. The number of ether oxygens (including phenoxy) is 1. The van der Waals surface area contributed by atoms with Crippen molar-refractivity contribution >= 4 is 22.8 Å². The topological polar surface area (TPSA) is 105 Å². The summed E-state index contributed by atoms with van der Waals surface area (Å²) in [5.41, 5.74) is 3.19. The van der Waals surface area contributed by atoms with Gasteiger partial charge in [0.15, 0.2) is 5.75 Å². The van der Waals surface area contributed by atoms with Crippen LogP contribution in [-0.2, 0) is 4.79 Å². The molecule has 1 unspecified atom stereocenters. The van der Waals surface area contributed by atoms with Crippen LogP contribution in [0.1, 0.15) is 19.8 Å². The third kappa shape index (κ3) is 4.08. The molecule has 2 aliphatic heterocycles. The van der Waals surface area contributed by atoms with Gasteiger partial charge in [-0.1, -0.05) is 6.92 Å². The number of nitrogens with zero attached hydrogens (tertiary/aromatic N) is 5. The lowest BCUT2D eigenvalue weighted by Gasteiger charge is -2.36. The molecule has 0 aliphatic carbocycles. The highest BCUT2D eigenvalue weighted by Crippen LogP contribution is 2.36. The van der Waals surface area contributed by atoms with Crippen molar-refractivity contribution in [3.05, 3.63) is 37.1 Å². The van der Waals surface area contributed by atoms with E-state index in [1.165, 1.54) is 6.33 Å². The molecule has 4 heterocycles. The number of nitrogens with one attached hydrogen (secondary N) is 2. The van der Waals surface area contributed by atoms with Gasteiger partial charge in [0.1, 0.15) is 17.7 Å². The lowest BCUT2D eigenvalue weighted by molar-refractivity contribution is -0.127. The normalized spacial score (nSPS) is 24.3. The van der Waals surface area contributed by atoms with Crippen LogP contribution in [0.4, 0.5) is 5.82 Å². The molecule has 166 valence electrons. The van der Waals surface area contributed by atoms with E-state index in [-0.39, 0.29) is 23.9 Å². The van der Waals surface area contributed by atoms with Gasteiger partial charge in [0, 0.05) is 48.6 Å². The first-order valence-electron chi connectivity index (χ1n) is 11.0. The zero-order chi connectivity index (χ0) is 22.1. The average Bonchev–Trinajstić information content (AvgIpc) is 2.82. The summed E-state index contributed by atoms with van der Waals surface area (Å²) in [6.07, 6.45) is 8.43. The minimum absolute atomic E-state index is 0.0620. The van der Waals surface area contributed by atoms with Crippen molar-refractivity contribution in [1.29, 1.82) is 0 Å². The quantitative estimate of drug-likeness (QED) is 0.601. The predicted octanol–water partition coefficient (Wildman–Crippen LogP) is 2.11. The first kappa shape index (κ1) is 20.6. The summed E-state index contributed by atoms with van der Waals surface area (Å²) in [4.78, 5) is 32.8. The SMILES string of the molecule is CC1CNC(=O)[C@@H]2C[C@H](CCN2C)Nc2cnc3ccc(-c4cncnc4)c(c3n2)OC1. The number of carbonyl (C=O) groups is 1. The van der Waals surface area contributed by atoms with E-state index in [1.54, 1.807) is 18.6 Å². The van der Waals surface area contributed by atoms with Gasteiger partial charge >= 0.3 is 0 Å². The van der Waals surface area contributed by atoms with Gasteiger partial charge in [0.25, 0.3) is 0 Å². The number of carbonyl (C=O) groups excluding carboxylic acids is 1. The van der Waals surface area contributed by atoms with Crippen molar-refractivity contribution in [2.45, 2.75) is 31.8 Å². The zero-order valence-electron chi connectivity index (χ0n) is 18.3. The van der Waals surface area contributed by atoms with Gasteiger partial charge in [-0.2, -0.15) is 0 Å². The number of fused-ring (bicyclic) bond motifs is 3. The molecule has 1 fully saturated rings. The van der Waals surface area contributed by atoms with Crippen LogP contribution >= 0.6 is 0 Å². The van der Waals surface area contributed by atoms with E-state index >= 15 is 0 Å². The van der Waals surface area contributed by atoms with Gasteiger partial charge in [-0.05, 0) is 32.0 Å². The molecule has 0 saturated carbocycles. The van der Waals surface area contributed by atoms with Gasteiger partial charge in [-0.3, -0.25) is 14.7 Å². The molecule has 2 aromatic heterocycles. The van der Waals surface area contributed by atoms with Crippen LogP contribution in [0.25, 0.3) is 22.2 Å². The first-order chi connectivity index (χ1) is 15.6. The second kappa shape index (κ2) is 8.66. The summed E-state index contributed by atoms with van der Waals surface area (Å²) in [6.45, 7) is 3.89. The third-order valence-corrected chi connectivity index (χ3v) is 6.20. The fourth-order valence-corrected chi connectivity index (χ4v) is 4.34. The van der Waals surface area contributed by atoms with E-state index in [2.05, 4.69) is 37.4 Å². The summed E-state index contributed by atoms with van der Waals surface area (Å²) >= 11 is 0. The van der Waals surface area contributed by atoms with E-state index in [0.717, 1.165) is 36.0 Å². The number of aromatic nitrogens is 4. The minimum Gasteiger partial charge on any atom is -0.490 e. The van der Waals surface area contributed by atoms with E-state index in [9.17, 15) is 4.79 Å². The second-order valence-corrected chi connectivity index (χ2v) is 8.72. The van der Waals surface area contributed by atoms with Crippen molar-refractivity contribution in [3.63, 3.8) is 0 Å². The molecule has 2 N–H and O–H groups in total. The number of rotatable bonds is 1. The Morgan fingerprint density at radius 2 is 2.03 bits per heavy atom. The lowest BCUT2D eigenvalue weighted by Crippen LogP contribution is -2.52. The maximum Gasteiger partial charge on any atom is 0.237 e. The van der Waals surface area contributed by atoms with E-state index in [1.807, 2.05) is 19.2 Å². The number of likely N-dealkylation sites (N-methyl/N-ethyl adjacent to an activating group) is 1. The van der Waals surface area contributed by atoms with Crippen molar-refractivity contribution in [1.82, 2.24) is 30.2 Å². The third-order valence-electron chi connectivity index (χ3n) is 6.20. The maximum absolute atomic E-state index is 12.9. The smallest absolute Gasteiger partial charge is 0.237 e. The van der Waals surface area contributed by atoms with Gasteiger partial charge in [0.2, 0.25) is 5.91 Å². The molecule has 0 radical (unpaired) electrons. The van der Waals surface area contributed by atoms with Crippen molar-refractivity contribution in [2.75, 3.05) is 32.1 Å². The van der Waals surface area contributed by atoms with Crippen LogP contribution in [0.5, 0.6) is 5.75 Å². The largest absolute Gasteiger partial charge is 0.490 e. The van der Waals surface area contributed by atoms with Crippen molar-refractivity contribution in [3.8, 4) is 16.9 Å². The van der Waals surface area contributed by atoms with E-state index in [0.29, 0.717) is 30.2 Å². The minimum atomic E-state index is -0.161. The standard InChI is InChI=1S/C23H27N7O2/c1-14-8-27-23(31)19-7-16(5-6-30(19)2)28-20-11-26-18-4-3-17(15-9-24-13-25-10-15)22(32-12-14)21(18)29-20/h3-4,9-11,13-14,16,19H,5-8,12H2,1-2H3,(H,27,31)(H,28,29)/t14?,16-,19-/m0/s1. The molecule has 5 rings (SSSR count). The second-order valence-electron chi connectivity index (χ2n) is 8.72. The van der Waals surface area contributed by atoms with E-state index < -0.39 is 0 Å². The Balaban J connectivity index is 1.59. The van der Waals surface area contributed by atoms with Crippen molar-refractivity contribution < 1.29 is 9.53 Å². The summed E-state index contributed by atoms with van der Waals surface area (Å²) in [5, 5.41) is 6.61. The van der Waals surface area contributed by atoms with Gasteiger partial charge in [-0.25, -0.2) is 15.0 Å². The Morgan fingerprint density at radius 3 is 2.88 bits per heavy atom. The maximum atomic E-state index is 12.9. The van der Waals surface area contributed by atoms with Crippen LogP contribution in [0.2, 0.25) is 0 Å². The van der Waals surface area contributed by atoms with Crippen LogP contribution in [-0.4, -0.2) is 69.6 Å².